The summed E-state index contributed by atoms with van der Waals surface area (Å²) in [7, 11) is 1.95. The van der Waals surface area contributed by atoms with Crippen LogP contribution in [0.4, 0.5) is 0 Å². The van der Waals surface area contributed by atoms with Crippen molar-refractivity contribution in [1.82, 2.24) is 9.47 Å². The maximum Gasteiger partial charge on any atom is 0.270 e. The van der Waals surface area contributed by atoms with Crippen molar-refractivity contribution in [1.29, 1.82) is 0 Å². The van der Waals surface area contributed by atoms with Crippen LogP contribution in [0.5, 0.6) is 0 Å². The summed E-state index contributed by atoms with van der Waals surface area (Å²) in [5.41, 5.74) is 8.68. The van der Waals surface area contributed by atoms with E-state index in [1.165, 1.54) is 0 Å². The molecule has 0 spiro atoms. The second-order valence-electron chi connectivity index (χ2n) is 5.56. The highest BCUT2D eigenvalue weighted by Gasteiger charge is 2.29. The number of rotatable bonds is 3. The number of aromatic nitrogens is 1. The van der Waals surface area contributed by atoms with Crippen LogP contribution in [0.2, 0.25) is 0 Å². The molecule has 21 heavy (non-hydrogen) atoms. The third-order valence-corrected chi connectivity index (χ3v) is 4.32. The predicted molar refractivity (Wildman–Crippen MR) is 84.0 cm³/mol. The Morgan fingerprint density at radius 1 is 1.24 bits per heavy atom. The Morgan fingerprint density at radius 2 is 2.00 bits per heavy atom. The third-order valence-electron chi connectivity index (χ3n) is 4.32. The van der Waals surface area contributed by atoms with E-state index < -0.39 is 0 Å². The van der Waals surface area contributed by atoms with Crippen LogP contribution >= 0.6 is 0 Å². The lowest BCUT2D eigenvalue weighted by Gasteiger charge is -2.23. The molecule has 1 aliphatic heterocycles. The van der Waals surface area contributed by atoms with Crippen LogP contribution in [-0.4, -0.2) is 34.5 Å². The standard InChI is InChI=1S/C17H21N3O/c1-19-15(13-6-3-2-4-7-13)9-10-16(19)17(21)20-11-5-8-14(20)12-18/h2-4,6-7,9-10,14H,5,8,11-12,18H2,1H3. The largest absolute Gasteiger partial charge is 0.340 e. The molecule has 1 amide bonds. The Morgan fingerprint density at radius 3 is 2.71 bits per heavy atom. The van der Waals surface area contributed by atoms with E-state index in [1.807, 2.05) is 46.8 Å². The minimum Gasteiger partial charge on any atom is -0.340 e. The van der Waals surface area contributed by atoms with Crippen molar-refractivity contribution < 1.29 is 4.79 Å². The van der Waals surface area contributed by atoms with Crippen LogP contribution in [0, 0.1) is 0 Å². The first kappa shape index (κ1) is 13.9. The molecule has 1 aromatic carbocycles. The van der Waals surface area contributed by atoms with E-state index in [2.05, 4.69) is 12.1 Å². The highest BCUT2D eigenvalue weighted by molar-refractivity contribution is 5.94. The zero-order valence-corrected chi connectivity index (χ0v) is 12.3. The molecule has 0 radical (unpaired) electrons. The molecule has 1 saturated heterocycles. The zero-order chi connectivity index (χ0) is 14.8. The van der Waals surface area contributed by atoms with E-state index in [0.717, 1.165) is 36.3 Å². The average molecular weight is 283 g/mol. The summed E-state index contributed by atoms with van der Waals surface area (Å²) in [6.07, 6.45) is 2.06. The first-order chi connectivity index (χ1) is 10.2. The molecule has 0 bridgehead atoms. The van der Waals surface area contributed by atoms with Gasteiger partial charge in [0.25, 0.3) is 5.91 Å². The minimum atomic E-state index is 0.0904. The highest BCUT2D eigenvalue weighted by Crippen LogP contribution is 2.24. The summed E-state index contributed by atoms with van der Waals surface area (Å²) in [5.74, 6) is 0.0904. The molecule has 2 N–H and O–H groups in total. The Kier molecular flexibility index (Phi) is 3.80. The van der Waals surface area contributed by atoms with Gasteiger partial charge < -0.3 is 15.2 Å². The summed E-state index contributed by atoms with van der Waals surface area (Å²) in [5, 5.41) is 0. The quantitative estimate of drug-likeness (QED) is 0.939. The molecule has 1 aliphatic rings. The van der Waals surface area contributed by atoms with Gasteiger partial charge in [0.05, 0.1) is 0 Å². The number of nitrogens with two attached hydrogens (primary N) is 1. The van der Waals surface area contributed by atoms with Crippen molar-refractivity contribution in [3.05, 3.63) is 48.2 Å². The van der Waals surface area contributed by atoms with Crippen molar-refractivity contribution in [2.75, 3.05) is 13.1 Å². The van der Waals surface area contributed by atoms with Gasteiger partial charge in [-0.25, -0.2) is 0 Å². The number of nitrogens with zero attached hydrogens (tertiary/aromatic N) is 2. The summed E-state index contributed by atoms with van der Waals surface area (Å²) >= 11 is 0. The maximum absolute atomic E-state index is 12.7. The molecule has 4 nitrogen and oxygen atoms in total. The molecule has 0 aliphatic carbocycles. The Labute approximate surface area is 125 Å². The predicted octanol–water partition coefficient (Wildman–Crippen LogP) is 2.26. The Bertz CT molecular complexity index is 633. The van der Waals surface area contributed by atoms with Crippen LogP contribution in [0.15, 0.2) is 42.5 Å². The summed E-state index contributed by atoms with van der Waals surface area (Å²) in [4.78, 5) is 14.7. The molecule has 1 aromatic heterocycles. The average Bonchev–Trinajstić information content (AvgIpc) is 3.13. The van der Waals surface area contributed by atoms with Gasteiger partial charge in [-0.3, -0.25) is 4.79 Å². The molecule has 1 unspecified atom stereocenters. The van der Waals surface area contributed by atoms with E-state index in [1.54, 1.807) is 0 Å². The Hall–Kier alpha value is -2.07. The number of hydrogen-bond acceptors (Lipinski definition) is 2. The second-order valence-corrected chi connectivity index (χ2v) is 5.56. The lowest BCUT2D eigenvalue weighted by atomic mass is 10.2. The van der Waals surface area contributed by atoms with Gasteiger partial charge >= 0.3 is 0 Å². The maximum atomic E-state index is 12.7. The van der Waals surface area contributed by atoms with Gasteiger partial charge in [-0.2, -0.15) is 0 Å². The van der Waals surface area contributed by atoms with Crippen molar-refractivity contribution in [3.8, 4) is 11.3 Å². The number of hydrogen-bond donors (Lipinski definition) is 1. The molecular formula is C17H21N3O. The van der Waals surface area contributed by atoms with Gasteiger partial charge in [0.2, 0.25) is 0 Å². The minimum absolute atomic E-state index is 0.0904. The van der Waals surface area contributed by atoms with E-state index in [-0.39, 0.29) is 11.9 Å². The van der Waals surface area contributed by atoms with E-state index in [0.29, 0.717) is 6.54 Å². The molecule has 0 saturated carbocycles. The lowest BCUT2D eigenvalue weighted by molar-refractivity contribution is 0.0731. The van der Waals surface area contributed by atoms with Crippen molar-refractivity contribution in [3.63, 3.8) is 0 Å². The number of amides is 1. The fourth-order valence-electron chi connectivity index (χ4n) is 3.12. The second kappa shape index (κ2) is 5.74. The molecular weight excluding hydrogens is 262 g/mol. The third kappa shape index (κ3) is 2.47. The first-order valence-corrected chi connectivity index (χ1v) is 7.44. The molecule has 1 atom stereocenters. The number of likely N-dealkylation sites (tertiary alicyclic amines) is 1. The molecule has 2 heterocycles. The van der Waals surface area contributed by atoms with Crippen LogP contribution in [0.3, 0.4) is 0 Å². The normalized spacial score (nSPS) is 18.2. The summed E-state index contributed by atoms with van der Waals surface area (Å²) in [6, 6.07) is 14.2. The molecule has 1 fully saturated rings. The fraction of sp³-hybridized carbons (Fsp3) is 0.353. The van der Waals surface area contributed by atoms with Crippen LogP contribution in [0.25, 0.3) is 11.3 Å². The lowest BCUT2D eigenvalue weighted by Crippen LogP contribution is -2.40. The van der Waals surface area contributed by atoms with E-state index in [9.17, 15) is 4.79 Å². The van der Waals surface area contributed by atoms with Gasteiger partial charge in [-0.05, 0) is 30.5 Å². The summed E-state index contributed by atoms with van der Waals surface area (Å²) in [6.45, 7) is 1.36. The summed E-state index contributed by atoms with van der Waals surface area (Å²) < 4.78 is 1.98. The van der Waals surface area contributed by atoms with Crippen molar-refractivity contribution in [2.45, 2.75) is 18.9 Å². The van der Waals surface area contributed by atoms with Crippen LogP contribution in [0.1, 0.15) is 23.3 Å². The van der Waals surface area contributed by atoms with E-state index in [4.69, 9.17) is 5.73 Å². The molecule has 2 aromatic rings. The van der Waals surface area contributed by atoms with Gasteiger partial charge in [0.15, 0.2) is 0 Å². The topological polar surface area (TPSA) is 51.3 Å². The van der Waals surface area contributed by atoms with Gasteiger partial charge in [-0.15, -0.1) is 0 Å². The molecule has 110 valence electrons. The number of carbonyl (C=O) groups excluding carboxylic acids is 1. The SMILES string of the molecule is Cn1c(C(=O)N2CCCC2CN)ccc1-c1ccccc1. The van der Waals surface area contributed by atoms with E-state index >= 15 is 0 Å². The monoisotopic (exact) mass is 283 g/mol. The van der Waals surface area contributed by atoms with Crippen LogP contribution in [-0.2, 0) is 7.05 Å². The number of carbonyl (C=O) groups is 1. The van der Waals surface area contributed by atoms with Crippen LogP contribution < -0.4 is 5.73 Å². The smallest absolute Gasteiger partial charge is 0.270 e. The van der Waals surface area contributed by atoms with Gasteiger partial charge in [-0.1, -0.05) is 30.3 Å². The molecule has 3 rings (SSSR count). The molecule has 4 heteroatoms. The number of benzene rings is 1. The van der Waals surface area contributed by atoms with Gasteiger partial charge in [0.1, 0.15) is 5.69 Å². The van der Waals surface area contributed by atoms with Gasteiger partial charge in [0, 0.05) is 31.9 Å². The van der Waals surface area contributed by atoms with Crippen molar-refractivity contribution in [2.24, 2.45) is 12.8 Å². The first-order valence-electron chi connectivity index (χ1n) is 7.44. The highest BCUT2D eigenvalue weighted by atomic mass is 16.2. The Balaban J connectivity index is 1.90. The zero-order valence-electron chi connectivity index (χ0n) is 12.3. The fourth-order valence-corrected chi connectivity index (χ4v) is 3.12. The van der Waals surface area contributed by atoms with Crippen molar-refractivity contribution >= 4 is 5.91 Å².